The lowest BCUT2D eigenvalue weighted by Gasteiger charge is -2.18. The summed E-state index contributed by atoms with van der Waals surface area (Å²) in [5.41, 5.74) is 1.58. The number of anilines is 2. The molecule has 0 saturated carbocycles. The molecule has 1 aliphatic heterocycles. The molecule has 0 unspecified atom stereocenters. The number of carbonyl (C=O) groups excluding carboxylic acids is 2. The first-order valence-corrected chi connectivity index (χ1v) is 11.2. The molecule has 2 amide bonds. The van der Waals surface area contributed by atoms with Crippen LogP contribution in [0.15, 0.2) is 89.5 Å². The van der Waals surface area contributed by atoms with E-state index in [-0.39, 0.29) is 22.3 Å². The Kier molecular flexibility index (Phi) is 6.78. The summed E-state index contributed by atoms with van der Waals surface area (Å²) in [5.74, 6) is -1.26. The summed E-state index contributed by atoms with van der Waals surface area (Å²) in [7, 11) is 0. The number of thioether (sulfide) groups is 1. The average Bonchev–Trinajstić information content (AvgIpc) is 3.12. The van der Waals surface area contributed by atoms with E-state index in [1.54, 1.807) is 60.7 Å². The SMILES string of the molecule is N#C/C(C(=O)Nc1cccc(Cl)c1)=C1\S[C@H](Cc2ccc(F)cc2)C(=O)N1c1ccccc1. The fourth-order valence-electron chi connectivity index (χ4n) is 3.39. The maximum atomic E-state index is 13.4. The van der Waals surface area contributed by atoms with Crippen LogP contribution in [0.5, 0.6) is 0 Å². The Morgan fingerprint density at radius 2 is 1.82 bits per heavy atom. The molecule has 8 heteroatoms. The van der Waals surface area contributed by atoms with Gasteiger partial charge < -0.3 is 5.32 Å². The highest BCUT2D eigenvalue weighted by Gasteiger charge is 2.40. The van der Waals surface area contributed by atoms with Crippen molar-refractivity contribution < 1.29 is 14.0 Å². The number of hydrogen-bond donors (Lipinski definition) is 1. The molecule has 5 nitrogen and oxygen atoms in total. The van der Waals surface area contributed by atoms with E-state index in [4.69, 9.17) is 11.6 Å². The van der Waals surface area contributed by atoms with Crippen LogP contribution in [-0.2, 0) is 16.0 Å². The minimum atomic E-state index is -0.640. The van der Waals surface area contributed by atoms with E-state index in [1.807, 2.05) is 12.1 Å². The van der Waals surface area contributed by atoms with Gasteiger partial charge in [-0.1, -0.05) is 59.8 Å². The van der Waals surface area contributed by atoms with E-state index in [0.717, 1.165) is 17.3 Å². The molecule has 0 spiro atoms. The highest BCUT2D eigenvalue weighted by molar-refractivity contribution is 8.05. The summed E-state index contributed by atoms with van der Waals surface area (Å²) >= 11 is 7.14. The van der Waals surface area contributed by atoms with Crippen LogP contribution in [-0.4, -0.2) is 17.1 Å². The number of para-hydroxylation sites is 1. The molecule has 0 aromatic heterocycles. The van der Waals surface area contributed by atoms with Gasteiger partial charge in [0.05, 0.1) is 5.25 Å². The second kappa shape index (κ2) is 9.90. The van der Waals surface area contributed by atoms with E-state index in [0.29, 0.717) is 22.8 Å². The molecule has 3 aromatic carbocycles. The van der Waals surface area contributed by atoms with Crippen molar-refractivity contribution in [2.45, 2.75) is 11.7 Å². The molecule has 1 N–H and O–H groups in total. The van der Waals surface area contributed by atoms with Crippen LogP contribution < -0.4 is 10.2 Å². The highest BCUT2D eigenvalue weighted by atomic mass is 35.5. The van der Waals surface area contributed by atoms with Crippen LogP contribution in [0.25, 0.3) is 0 Å². The zero-order valence-corrected chi connectivity index (χ0v) is 18.7. The third-order valence-electron chi connectivity index (χ3n) is 4.94. The Morgan fingerprint density at radius 1 is 1.09 bits per heavy atom. The van der Waals surface area contributed by atoms with Gasteiger partial charge in [-0.25, -0.2) is 4.39 Å². The maximum absolute atomic E-state index is 13.4. The Balaban J connectivity index is 1.71. The summed E-state index contributed by atoms with van der Waals surface area (Å²) in [4.78, 5) is 27.8. The number of benzene rings is 3. The van der Waals surface area contributed by atoms with Crippen molar-refractivity contribution in [2.24, 2.45) is 0 Å². The summed E-state index contributed by atoms with van der Waals surface area (Å²) in [6.07, 6.45) is 0.325. The number of amides is 2. The van der Waals surface area contributed by atoms with E-state index in [2.05, 4.69) is 5.32 Å². The minimum Gasteiger partial charge on any atom is -0.321 e. The second-order valence-corrected chi connectivity index (χ2v) is 8.83. The minimum absolute atomic E-state index is 0.182. The number of halogens is 2. The average molecular weight is 478 g/mol. The normalized spacial score (nSPS) is 16.9. The molecule has 1 atom stereocenters. The molecule has 4 rings (SSSR count). The third kappa shape index (κ3) is 5.08. The second-order valence-electron chi connectivity index (χ2n) is 7.20. The molecule has 1 fully saturated rings. The van der Waals surface area contributed by atoms with Gasteiger partial charge in [0.2, 0.25) is 5.91 Å². The first-order valence-electron chi connectivity index (χ1n) is 9.97. The van der Waals surface area contributed by atoms with Crippen molar-refractivity contribution in [3.05, 3.63) is 106 Å². The lowest BCUT2D eigenvalue weighted by molar-refractivity contribution is -0.117. The Bertz CT molecular complexity index is 1270. The van der Waals surface area contributed by atoms with Crippen LogP contribution in [0.3, 0.4) is 0 Å². The van der Waals surface area contributed by atoms with E-state index in [1.165, 1.54) is 17.0 Å². The predicted molar refractivity (Wildman–Crippen MR) is 128 cm³/mol. The zero-order valence-electron chi connectivity index (χ0n) is 17.2. The monoisotopic (exact) mass is 477 g/mol. The van der Waals surface area contributed by atoms with Gasteiger partial charge >= 0.3 is 0 Å². The summed E-state index contributed by atoms with van der Waals surface area (Å²) < 4.78 is 13.3. The summed E-state index contributed by atoms with van der Waals surface area (Å²) in [6.45, 7) is 0. The Hall–Kier alpha value is -3.60. The number of nitrogens with one attached hydrogen (secondary N) is 1. The van der Waals surface area contributed by atoms with Gasteiger partial charge in [-0.05, 0) is 54.4 Å². The van der Waals surface area contributed by atoms with Crippen LogP contribution in [0.1, 0.15) is 5.56 Å². The Labute approximate surface area is 199 Å². The van der Waals surface area contributed by atoms with Gasteiger partial charge in [-0.3, -0.25) is 14.5 Å². The molecule has 0 radical (unpaired) electrons. The van der Waals surface area contributed by atoms with Gasteiger partial charge in [0, 0.05) is 16.4 Å². The number of carbonyl (C=O) groups is 2. The molecule has 0 aliphatic carbocycles. The van der Waals surface area contributed by atoms with Gasteiger partial charge in [-0.2, -0.15) is 5.26 Å². The Morgan fingerprint density at radius 3 is 2.48 bits per heavy atom. The molecule has 1 heterocycles. The first kappa shape index (κ1) is 22.6. The number of rotatable bonds is 5. The van der Waals surface area contributed by atoms with Crippen LogP contribution in [0.2, 0.25) is 5.02 Å². The number of hydrogen-bond acceptors (Lipinski definition) is 4. The van der Waals surface area contributed by atoms with Gasteiger partial charge in [-0.15, -0.1) is 0 Å². The number of nitriles is 1. The summed E-state index contributed by atoms with van der Waals surface area (Å²) in [6, 6.07) is 23.3. The van der Waals surface area contributed by atoms with E-state index in [9.17, 15) is 19.2 Å². The number of nitrogens with zero attached hydrogens (tertiary/aromatic N) is 2. The molecule has 0 bridgehead atoms. The van der Waals surface area contributed by atoms with Crippen molar-refractivity contribution >= 4 is 46.6 Å². The van der Waals surface area contributed by atoms with Crippen molar-refractivity contribution in [1.29, 1.82) is 5.26 Å². The van der Waals surface area contributed by atoms with Crippen molar-refractivity contribution in [3.63, 3.8) is 0 Å². The van der Waals surface area contributed by atoms with Crippen LogP contribution in [0, 0.1) is 17.1 Å². The molecule has 1 saturated heterocycles. The largest absolute Gasteiger partial charge is 0.321 e. The smallest absolute Gasteiger partial charge is 0.269 e. The zero-order chi connectivity index (χ0) is 23.4. The van der Waals surface area contributed by atoms with Crippen molar-refractivity contribution in [2.75, 3.05) is 10.2 Å². The first-order chi connectivity index (χ1) is 16.0. The fraction of sp³-hybridized carbons (Fsp3) is 0.0800. The molecule has 164 valence electrons. The van der Waals surface area contributed by atoms with Gasteiger partial charge in [0.15, 0.2) is 0 Å². The molecular weight excluding hydrogens is 461 g/mol. The van der Waals surface area contributed by atoms with Crippen molar-refractivity contribution in [3.8, 4) is 6.07 Å². The lowest BCUT2D eigenvalue weighted by Crippen LogP contribution is -2.30. The molecular formula is C25H17ClFN3O2S. The molecule has 1 aliphatic rings. The maximum Gasteiger partial charge on any atom is 0.269 e. The highest BCUT2D eigenvalue weighted by Crippen LogP contribution is 2.42. The standard InChI is InChI=1S/C25H17ClFN3O2S/c26-17-5-4-6-19(14-17)29-23(31)21(15-28)25-30(20-7-2-1-3-8-20)24(32)22(33-25)13-16-9-11-18(27)12-10-16/h1-12,14,22H,13H2,(H,29,31)/b25-21+/t22-/m1/s1. The molecule has 33 heavy (non-hydrogen) atoms. The topological polar surface area (TPSA) is 73.2 Å². The lowest BCUT2D eigenvalue weighted by atomic mass is 10.1. The third-order valence-corrected chi connectivity index (χ3v) is 6.43. The van der Waals surface area contributed by atoms with E-state index < -0.39 is 11.2 Å². The van der Waals surface area contributed by atoms with Gasteiger partial charge in [0.25, 0.3) is 5.91 Å². The van der Waals surface area contributed by atoms with Crippen molar-refractivity contribution in [1.82, 2.24) is 0 Å². The van der Waals surface area contributed by atoms with E-state index >= 15 is 0 Å². The van der Waals surface area contributed by atoms with Crippen LogP contribution in [0.4, 0.5) is 15.8 Å². The predicted octanol–water partition coefficient (Wildman–Crippen LogP) is 5.54. The van der Waals surface area contributed by atoms with Crippen LogP contribution >= 0.6 is 23.4 Å². The quantitative estimate of drug-likeness (QED) is 0.386. The van der Waals surface area contributed by atoms with Gasteiger partial charge in [0.1, 0.15) is 22.5 Å². The fourth-order valence-corrected chi connectivity index (χ4v) is 4.89. The summed E-state index contributed by atoms with van der Waals surface area (Å²) in [5, 5.41) is 12.6. The molecule has 3 aromatic rings.